The molecule has 7 nitrogen and oxygen atoms in total. The third-order valence-electron chi connectivity index (χ3n) is 3.58. The van der Waals surface area contributed by atoms with Crippen LogP contribution in [0.25, 0.3) is 11.4 Å². The van der Waals surface area contributed by atoms with Gasteiger partial charge in [0.25, 0.3) is 0 Å². The number of hydrogen-bond donors (Lipinski definition) is 1. The lowest BCUT2D eigenvalue weighted by molar-refractivity contribution is 0.0844. The van der Waals surface area contributed by atoms with E-state index in [1.54, 1.807) is 12.4 Å². The van der Waals surface area contributed by atoms with Crippen LogP contribution in [0.2, 0.25) is 0 Å². The van der Waals surface area contributed by atoms with Crippen LogP contribution in [0.1, 0.15) is 11.1 Å². The Labute approximate surface area is 139 Å². The van der Waals surface area contributed by atoms with Gasteiger partial charge in [0.05, 0.1) is 6.54 Å². The van der Waals surface area contributed by atoms with Crippen molar-refractivity contribution in [2.45, 2.75) is 26.5 Å². The SMILES string of the molecule is Cc1cccc(C)c1OCC(O)Cn1nnc(-c2cccnc2)n1. The maximum atomic E-state index is 10.2. The van der Waals surface area contributed by atoms with E-state index in [4.69, 9.17) is 4.74 Å². The zero-order valence-electron chi connectivity index (χ0n) is 13.6. The van der Waals surface area contributed by atoms with E-state index in [1.165, 1.54) is 4.80 Å². The summed E-state index contributed by atoms with van der Waals surface area (Å²) in [6, 6.07) is 9.60. The van der Waals surface area contributed by atoms with Gasteiger partial charge in [-0.05, 0) is 42.3 Å². The maximum absolute atomic E-state index is 10.2. The van der Waals surface area contributed by atoms with Gasteiger partial charge in [-0.3, -0.25) is 4.98 Å². The molecule has 7 heteroatoms. The molecule has 0 bridgehead atoms. The Morgan fingerprint density at radius 1 is 1.17 bits per heavy atom. The van der Waals surface area contributed by atoms with Crippen LogP contribution in [0.4, 0.5) is 0 Å². The van der Waals surface area contributed by atoms with Gasteiger partial charge >= 0.3 is 0 Å². The number of para-hydroxylation sites is 1. The standard InChI is InChI=1S/C17H19N5O2/c1-12-5-3-6-13(2)16(12)24-11-15(23)10-22-20-17(19-21-22)14-7-4-8-18-9-14/h3-9,15,23H,10-11H2,1-2H3. The number of aromatic nitrogens is 5. The number of benzene rings is 1. The van der Waals surface area contributed by atoms with E-state index in [-0.39, 0.29) is 13.2 Å². The fraction of sp³-hybridized carbons (Fsp3) is 0.294. The lowest BCUT2D eigenvalue weighted by Crippen LogP contribution is -2.25. The van der Waals surface area contributed by atoms with Crippen molar-refractivity contribution in [2.75, 3.05) is 6.61 Å². The molecule has 1 N–H and O–H groups in total. The molecule has 1 aromatic carbocycles. The van der Waals surface area contributed by atoms with Crippen LogP contribution in [0, 0.1) is 13.8 Å². The highest BCUT2D eigenvalue weighted by Crippen LogP contribution is 2.22. The first-order valence-electron chi connectivity index (χ1n) is 7.69. The Morgan fingerprint density at radius 3 is 2.67 bits per heavy atom. The van der Waals surface area contributed by atoms with Gasteiger partial charge < -0.3 is 9.84 Å². The summed E-state index contributed by atoms with van der Waals surface area (Å²) in [5, 5.41) is 22.3. The summed E-state index contributed by atoms with van der Waals surface area (Å²) >= 11 is 0. The lowest BCUT2D eigenvalue weighted by atomic mass is 10.1. The van der Waals surface area contributed by atoms with E-state index in [9.17, 15) is 5.11 Å². The Hall–Kier alpha value is -2.80. The predicted octanol–water partition coefficient (Wildman–Crippen LogP) is 1.79. The summed E-state index contributed by atoms with van der Waals surface area (Å²) in [5.41, 5.74) is 2.87. The molecule has 0 aliphatic carbocycles. The number of aryl methyl sites for hydroxylation is 2. The number of aliphatic hydroxyl groups excluding tert-OH is 1. The zero-order valence-corrected chi connectivity index (χ0v) is 13.6. The molecule has 2 aromatic heterocycles. The average molecular weight is 325 g/mol. The second-order valence-electron chi connectivity index (χ2n) is 5.60. The summed E-state index contributed by atoms with van der Waals surface area (Å²) in [7, 11) is 0. The zero-order chi connectivity index (χ0) is 16.9. The van der Waals surface area contributed by atoms with E-state index in [2.05, 4.69) is 20.4 Å². The number of pyridine rings is 1. The van der Waals surface area contributed by atoms with Gasteiger partial charge in [-0.1, -0.05) is 18.2 Å². The van der Waals surface area contributed by atoms with Gasteiger partial charge in [-0.25, -0.2) is 0 Å². The fourth-order valence-electron chi connectivity index (χ4n) is 2.38. The number of nitrogens with zero attached hydrogens (tertiary/aromatic N) is 5. The number of ether oxygens (including phenoxy) is 1. The third-order valence-corrected chi connectivity index (χ3v) is 3.58. The van der Waals surface area contributed by atoms with Crippen LogP contribution >= 0.6 is 0 Å². The summed E-state index contributed by atoms with van der Waals surface area (Å²) in [6.07, 6.45) is 2.62. The summed E-state index contributed by atoms with van der Waals surface area (Å²) in [5.74, 6) is 1.28. The van der Waals surface area contributed by atoms with Crippen molar-refractivity contribution in [1.82, 2.24) is 25.2 Å². The lowest BCUT2D eigenvalue weighted by Gasteiger charge is -2.15. The molecule has 0 aliphatic heterocycles. The molecule has 0 amide bonds. The van der Waals surface area contributed by atoms with Crippen LogP contribution in [0.15, 0.2) is 42.7 Å². The highest BCUT2D eigenvalue weighted by Gasteiger charge is 2.12. The second kappa shape index (κ2) is 7.18. The fourth-order valence-corrected chi connectivity index (χ4v) is 2.38. The molecule has 3 rings (SSSR count). The van der Waals surface area contributed by atoms with E-state index in [0.717, 1.165) is 22.4 Å². The molecule has 2 heterocycles. The van der Waals surface area contributed by atoms with Gasteiger partial charge in [-0.2, -0.15) is 4.80 Å². The quantitative estimate of drug-likeness (QED) is 0.743. The second-order valence-corrected chi connectivity index (χ2v) is 5.60. The molecule has 0 radical (unpaired) electrons. The van der Waals surface area contributed by atoms with Gasteiger partial charge in [0.15, 0.2) is 0 Å². The molecule has 0 saturated carbocycles. The van der Waals surface area contributed by atoms with E-state index < -0.39 is 6.10 Å². The number of rotatable bonds is 6. The van der Waals surface area contributed by atoms with Crippen molar-refractivity contribution in [2.24, 2.45) is 0 Å². The minimum absolute atomic E-state index is 0.162. The number of aliphatic hydroxyl groups is 1. The smallest absolute Gasteiger partial charge is 0.206 e. The molecular weight excluding hydrogens is 306 g/mol. The van der Waals surface area contributed by atoms with Crippen molar-refractivity contribution < 1.29 is 9.84 Å². The van der Waals surface area contributed by atoms with Crippen molar-refractivity contribution in [3.8, 4) is 17.1 Å². The van der Waals surface area contributed by atoms with Gasteiger partial charge in [0, 0.05) is 18.0 Å². The maximum Gasteiger partial charge on any atom is 0.206 e. The van der Waals surface area contributed by atoms with E-state index >= 15 is 0 Å². The molecule has 0 spiro atoms. The minimum atomic E-state index is -0.736. The van der Waals surface area contributed by atoms with Crippen LogP contribution in [-0.2, 0) is 6.54 Å². The summed E-state index contributed by atoms with van der Waals surface area (Å²) in [4.78, 5) is 5.39. The number of hydrogen-bond acceptors (Lipinski definition) is 6. The third kappa shape index (κ3) is 3.75. The predicted molar refractivity (Wildman–Crippen MR) is 88.5 cm³/mol. The van der Waals surface area contributed by atoms with Crippen LogP contribution in [-0.4, -0.2) is 43.0 Å². The minimum Gasteiger partial charge on any atom is -0.490 e. The molecule has 3 aromatic rings. The van der Waals surface area contributed by atoms with Crippen molar-refractivity contribution >= 4 is 0 Å². The number of tetrazole rings is 1. The highest BCUT2D eigenvalue weighted by molar-refractivity contribution is 5.51. The normalized spacial score (nSPS) is 12.1. The molecule has 0 aliphatic rings. The van der Waals surface area contributed by atoms with E-state index in [0.29, 0.717) is 5.82 Å². The average Bonchev–Trinajstić information content (AvgIpc) is 3.03. The molecule has 0 saturated heterocycles. The topological polar surface area (TPSA) is 86.0 Å². The Morgan fingerprint density at radius 2 is 1.96 bits per heavy atom. The van der Waals surface area contributed by atoms with Crippen LogP contribution in [0.3, 0.4) is 0 Å². The Balaban J connectivity index is 1.59. The first kappa shape index (κ1) is 16.1. The molecule has 1 unspecified atom stereocenters. The molecule has 124 valence electrons. The van der Waals surface area contributed by atoms with Crippen molar-refractivity contribution in [1.29, 1.82) is 0 Å². The molecule has 24 heavy (non-hydrogen) atoms. The van der Waals surface area contributed by atoms with Gasteiger partial charge in [0.1, 0.15) is 18.5 Å². The van der Waals surface area contributed by atoms with Crippen molar-refractivity contribution in [3.05, 3.63) is 53.9 Å². The van der Waals surface area contributed by atoms with Gasteiger partial charge in [0.2, 0.25) is 5.82 Å². The van der Waals surface area contributed by atoms with Crippen LogP contribution in [0.5, 0.6) is 5.75 Å². The molecule has 1 atom stereocenters. The van der Waals surface area contributed by atoms with Gasteiger partial charge in [-0.15, -0.1) is 10.2 Å². The summed E-state index contributed by atoms with van der Waals surface area (Å²) in [6.45, 7) is 4.33. The monoisotopic (exact) mass is 325 g/mol. The first-order chi connectivity index (χ1) is 11.6. The highest BCUT2D eigenvalue weighted by atomic mass is 16.5. The van der Waals surface area contributed by atoms with Crippen molar-refractivity contribution in [3.63, 3.8) is 0 Å². The summed E-state index contributed by atoms with van der Waals surface area (Å²) < 4.78 is 5.74. The largest absolute Gasteiger partial charge is 0.490 e. The Bertz CT molecular complexity index is 784. The first-order valence-corrected chi connectivity index (χ1v) is 7.69. The Kier molecular flexibility index (Phi) is 4.81. The molecular formula is C17H19N5O2. The van der Waals surface area contributed by atoms with Crippen LogP contribution < -0.4 is 4.74 Å². The molecule has 0 fully saturated rings. The van der Waals surface area contributed by atoms with E-state index in [1.807, 2.05) is 44.2 Å².